The number of aromatic nitrogens is 4. The van der Waals surface area contributed by atoms with Crippen LogP contribution in [0, 0.1) is 0 Å². The van der Waals surface area contributed by atoms with Crippen molar-refractivity contribution in [1.82, 2.24) is 19.6 Å². The molecular formula is C17H12N4O. The maximum atomic E-state index is 10.1. The number of fused-ring (bicyclic) bond motifs is 1. The van der Waals surface area contributed by atoms with Gasteiger partial charge < -0.3 is 5.11 Å². The Bertz CT molecular complexity index is 947. The lowest BCUT2D eigenvalue weighted by atomic mass is 10.1. The Morgan fingerprint density at radius 1 is 0.909 bits per heavy atom. The van der Waals surface area contributed by atoms with E-state index in [1.165, 1.54) is 6.33 Å². The number of para-hydroxylation sites is 1. The Labute approximate surface area is 126 Å². The fourth-order valence-electron chi connectivity index (χ4n) is 2.45. The van der Waals surface area contributed by atoms with E-state index in [-0.39, 0.29) is 5.75 Å². The van der Waals surface area contributed by atoms with Gasteiger partial charge in [-0.25, -0.2) is 4.98 Å². The van der Waals surface area contributed by atoms with Crippen LogP contribution in [0.1, 0.15) is 0 Å². The van der Waals surface area contributed by atoms with E-state index in [0.29, 0.717) is 11.3 Å². The Morgan fingerprint density at radius 2 is 1.68 bits per heavy atom. The second-order valence-corrected chi connectivity index (χ2v) is 4.88. The molecule has 5 heteroatoms. The number of rotatable bonds is 2. The number of aromatic hydroxyl groups is 1. The number of nitrogens with zero attached hydrogens (tertiary/aromatic N) is 4. The van der Waals surface area contributed by atoms with E-state index in [2.05, 4.69) is 15.1 Å². The van der Waals surface area contributed by atoms with E-state index >= 15 is 0 Å². The van der Waals surface area contributed by atoms with Crippen LogP contribution in [0.2, 0.25) is 0 Å². The fourth-order valence-corrected chi connectivity index (χ4v) is 2.45. The molecule has 0 aliphatic rings. The number of phenolic OH excluding ortho intramolecular Hbond substituents is 1. The van der Waals surface area contributed by atoms with Gasteiger partial charge in [0.15, 0.2) is 0 Å². The average Bonchev–Trinajstić information content (AvgIpc) is 3.04. The molecule has 0 saturated heterocycles. The first-order valence-electron chi connectivity index (χ1n) is 6.87. The summed E-state index contributed by atoms with van der Waals surface area (Å²) >= 11 is 0. The maximum Gasteiger partial charge on any atom is 0.253 e. The predicted molar refractivity (Wildman–Crippen MR) is 83.3 cm³/mol. The molecule has 0 spiro atoms. The van der Waals surface area contributed by atoms with Gasteiger partial charge in [-0.1, -0.05) is 42.5 Å². The normalized spacial score (nSPS) is 10.9. The zero-order valence-corrected chi connectivity index (χ0v) is 11.6. The van der Waals surface area contributed by atoms with Gasteiger partial charge in [-0.2, -0.15) is 14.6 Å². The smallest absolute Gasteiger partial charge is 0.253 e. The number of phenols is 1. The zero-order chi connectivity index (χ0) is 14.9. The first kappa shape index (κ1) is 12.5. The van der Waals surface area contributed by atoms with E-state index in [0.717, 1.165) is 17.0 Å². The summed E-state index contributed by atoms with van der Waals surface area (Å²) in [7, 11) is 0. The molecule has 2 heterocycles. The first-order valence-corrected chi connectivity index (χ1v) is 6.87. The van der Waals surface area contributed by atoms with Gasteiger partial charge in [-0.15, -0.1) is 0 Å². The van der Waals surface area contributed by atoms with Crippen LogP contribution >= 0.6 is 0 Å². The monoisotopic (exact) mass is 288 g/mol. The third-order valence-electron chi connectivity index (χ3n) is 3.50. The summed E-state index contributed by atoms with van der Waals surface area (Å²) in [4.78, 5) is 8.71. The van der Waals surface area contributed by atoms with E-state index in [1.54, 1.807) is 16.6 Å². The van der Waals surface area contributed by atoms with E-state index in [9.17, 15) is 5.11 Å². The fraction of sp³-hybridized carbons (Fsp3) is 0. The molecule has 4 rings (SSSR count). The molecule has 5 nitrogen and oxygen atoms in total. The summed E-state index contributed by atoms with van der Waals surface area (Å²) in [6.07, 6.45) is 1.46. The van der Waals surface area contributed by atoms with Crippen LogP contribution in [0.15, 0.2) is 67.0 Å². The quantitative estimate of drug-likeness (QED) is 0.615. The summed E-state index contributed by atoms with van der Waals surface area (Å²) in [5.74, 6) is 0.698. The average molecular weight is 288 g/mol. The predicted octanol–water partition coefficient (Wildman–Crippen LogP) is 3.16. The topological polar surface area (TPSA) is 63.3 Å². The second-order valence-electron chi connectivity index (χ2n) is 4.88. The van der Waals surface area contributed by atoms with Crippen molar-refractivity contribution < 1.29 is 5.11 Å². The van der Waals surface area contributed by atoms with Crippen LogP contribution in [0.25, 0.3) is 28.3 Å². The minimum atomic E-state index is 0.199. The molecule has 0 radical (unpaired) electrons. The van der Waals surface area contributed by atoms with Crippen molar-refractivity contribution in [3.63, 3.8) is 0 Å². The lowest BCUT2D eigenvalue weighted by molar-refractivity contribution is 0.477. The zero-order valence-electron chi connectivity index (χ0n) is 11.6. The molecular weight excluding hydrogens is 276 g/mol. The molecule has 0 atom stereocenters. The Hall–Kier alpha value is -3.21. The lowest BCUT2D eigenvalue weighted by Crippen LogP contribution is -1.98. The molecule has 0 saturated carbocycles. The second kappa shape index (κ2) is 4.96. The van der Waals surface area contributed by atoms with Crippen molar-refractivity contribution in [1.29, 1.82) is 0 Å². The SMILES string of the molecule is Oc1ccccc1-c1cc(-c2ccccc2)nc2ncnn12. The molecule has 0 unspecified atom stereocenters. The molecule has 0 aliphatic carbocycles. The van der Waals surface area contributed by atoms with Crippen LogP contribution in [-0.2, 0) is 0 Å². The minimum absolute atomic E-state index is 0.199. The number of hydrogen-bond donors (Lipinski definition) is 1. The molecule has 2 aromatic carbocycles. The van der Waals surface area contributed by atoms with Crippen LogP contribution in [0.5, 0.6) is 5.75 Å². The van der Waals surface area contributed by atoms with Crippen molar-refractivity contribution in [3.05, 3.63) is 67.0 Å². The van der Waals surface area contributed by atoms with Gasteiger partial charge in [0.1, 0.15) is 12.1 Å². The lowest BCUT2D eigenvalue weighted by Gasteiger charge is -2.09. The summed E-state index contributed by atoms with van der Waals surface area (Å²) in [5.41, 5.74) is 3.22. The van der Waals surface area contributed by atoms with Crippen LogP contribution in [-0.4, -0.2) is 24.7 Å². The maximum absolute atomic E-state index is 10.1. The number of hydrogen-bond acceptors (Lipinski definition) is 4. The van der Waals surface area contributed by atoms with Gasteiger partial charge in [0.2, 0.25) is 0 Å². The Kier molecular flexibility index (Phi) is 2.83. The van der Waals surface area contributed by atoms with Crippen molar-refractivity contribution in [3.8, 4) is 28.3 Å². The molecule has 1 N–H and O–H groups in total. The van der Waals surface area contributed by atoms with Gasteiger partial charge in [0, 0.05) is 11.1 Å². The highest BCUT2D eigenvalue weighted by Gasteiger charge is 2.13. The molecule has 0 bridgehead atoms. The van der Waals surface area contributed by atoms with Gasteiger partial charge in [0.25, 0.3) is 5.78 Å². The highest BCUT2D eigenvalue weighted by atomic mass is 16.3. The van der Waals surface area contributed by atoms with Crippen molar-refractivity contribution in [2.45, 2.75) is 0 Å². The van der Waals surface area contributed by atoms with Gasteiger partial charge >= 0.3 is 0 Å². The first-order chi connectivity index (χ1) is 10.8. The molecule has 22 heavy (non-hydrogen) atoms. The third-order valence-corrected chi connectivity index (χ3v) is 3.50. The number of benzene rings is 2. The largest absolute Gasteiger partial charge is 0.507 e. The van der Waals surface area contributed by atoms with E-state index in [4.69, 9.17) is 0 Å². The minimum Gasteiger partial charge on any atom is -0.507 e. The van der Waals surface area contributed by atoms with Gasteiger partial charge in [-0.3, -0.25) is 0 Å². The highest BCUT2D eigenvalue weighted by Crippen LogP contribution is 2.31. The van der Waals surface area contributed by atoms with Crippen molar-refractivity contribution >= 4 is 5.78 Å². The molecule has 0 fully saturated rings. The molecule has 2 aromatic heterocycles. The van der Waals surface area contributed by atoms with Crippen molar-refractivity contribution in [2.24, 2.45) is 0 Å². The molecule has 0 aliphatic heterocycles. The molecule has 0 amide bonds. The van der Waals surface area contributed by atoms with Gasteiger partial charge in [-0.05, 0) is 18.2 Å². The van der Waals surface area contributed by atoms with E-state index < -0.39 is 0 Å². The van der Waals surface area contributed by atoms with E-state index in [1.807, 2.05) is 48.5 Å². The van der Waals surface area contributed by atoms with Crippen molar-refractivity contribution in [2.75, 3.05) is 0 Å². The highest BCUT2D eigenvalue weighted by molar-refractivity contribution is 5.73. The van der Waals surface area contributed by atoms with Crippen LogP contribution < -0.4 is 0 Å². The molecule has 4 aromatic rings. The summed E-state index contributed by atoms with van der Waals surface area (Å²) < 4.78 is 1.63. The summed E-state index contributed by atoms with van der Waals surface area (Å²) in [6.45, 7) is 0. The van der Waals surface area contributed by atoms with Crippen LogP contribution in [0.3, 0.4) is 0 Å². The standard InChI is InChI=1S/C17H12N4O/c22-16-9-5-4-8-13(16)15-10-14(12-6-2-1-3-7-12)20-17-18-11-19-21(15)17/h1-11,22H. The Balaban J connectivity index is 2.02. The summed E-state index contributed by atoms with van der Waals surface area (Å²) in [5, 5.41) is 14.3. The third kappa shape index (κ3) is 2.00. The molecule has 106 valence electrons. The Morgan fingerprint density at radius 3 is 2.50 bits per heavy atom. The van der Waals surface area contributed by atoms with Gasteiger partial charge in [0.05, 0.1) is 11.4 Å². The van der Waals surface area contributed by atoms with Crippen LogP contribution in [0.4, 0.5) is 0 Å². The summed E-state index contributed by atoms with van der Waals surface area (Å²) in [6, 6.07) is 18.9.